The molecule has 1 N–H and O–H groups in total. The normalized spacial score (nSPS) is 10.1. The van der Waals surface area contributed by atoms with Crippen molar-refractivity contribution in [1.29, 1.82) is 5.26 Å². The van der Waals surface area contributed by atoms with Gasteiger partial charge in [-0.3, -0.25) is 4.79 Å². The Bertz CT molecular complexity index is 898. The van der Waals surface area contributed by atoms with Gasteiger partial charge >= 0.3 is 0 Å². The van der Waals surface area contributed by atoms with Gasteiger partial charge in [0, 0.05) is 11.8 Å². The van der Waals surface area contributed by atoms with Gasteiger partial charge in [0.15, 0.2) is 11.6 Å². The van der Waals surface area contributed by atoms with Gasteiger partial charge in [-0.05, 0) is 30.3 Å². The second-order valence-electron chi connectivity index (χ2n) is 4.58. The molecule has 0 radical (unpaired) electrons. The van der Waals surface area contributed by atoms with E-state index in [1.165, 1.54) is 29.1 Å². The smallest absolute Gasteiger partial charge is 0.256 e. The largest absolute Gasteiger partial charge is 0.305 e. The number of amides is 1. The third kappa shape index (κ3) is 2.91. The lowest BCUT2D eigenvalue weighted by atomic mass is 10.2. The van der Waals surface area contributed by atoms with Crippen molar-refractivity contribution in [2.45, 2.75) is 0 Å². The summed E-state index contributed by atoms with van der Waals surface area (Å²) in [5.41, 5.74) is 0.322. The fourth-order valence-electron chi connectivity index (χ4n) is 2.01. The molecule has 23 heavy (non-hydrogen) atoms. The van der Waals surface area contributed by atoms with Crippen LogP contribution in [-0.2, 0) is 0 Å². The van der Waals surface area contributed by atoms with E-state index in [-0.39, 0.29) is 16.9 Å². The van der Waals surface area contributed by atoms with E-state index < -0.39 is 11.7 Å². The summed E-state index contributed by atoms with van der Waals surface area (Å²) in [7, 11) is 0. The maximum atomic E-state index is 13.2. The van der Waals surface area contributed by atoms with Gasteiger partial charge in [0.25, 0.3) is 5.91 Å². The summed E-state index contributed by atoms with van der Waals surface area (Å²) in [5.74, 6) is -0.431. The first-order valence-corrected chi connectivity index (χ1v) is 6.65. The monoisotopic (exact) mass is 307 g/mol. The summed E-state index contributed by atoms with van der Waals surface area (Å²) in [6, 6.07) is 12.4. The second kappa shape index (κ2) is 6.07. The van der Waals surface area contributed by atoms with Crippen LogP contribution in [0, 0.1) is 17.1 Å². The molecule has 1 amide bonds. The summed E-state index contributed by atoms with van der Waals surface area (Å²) in [4.78, 5) is 16.4. The molecule has 0 bridgehead atoms. The molecule has 112 valence electrons. The van der Waals surface area contributed by atoms with Crippen molar-refractivity contribution in [3.63, 3.8) is 0 Å². The molecule has 3 rings (SSSR count). The van der Waals surface area contributed by atoms with Crippen molar-refractivity contribution in [2.24, 2.45) is 0 Å². The van der Waals surface area contributed by atoms with Crippen molar-refractivity contribution < 1.29 is 9.18 Å². The van der Waals surface area contributed by atoms with Crippen LogP contribution < -0.4 is 5.32 Å². The van der Waals surface area contributed by atoms with E-state index in [0.717, 1.165) is 6.07 Å². The van der Waals surface area contributed by atoms with Crippen molar-refractivity contribution in [3.8, 4) is 11.9 Å². The van der Waals surface area contributed by atoms with Crippen molar-refractivity contribution in [3.05, 3.63) is 71.8 Å². The number of rotatable bonds is 3. The summed E-state index contributed by atoms with van der Waals surface area (Å²) < 4.78 is 14.6. The number of benzene rings is 1. The lowest BCUT2D eigenvalue weighted by molar-refractivity contribution is 0.102. The topological polar surface area (TPSA) is 83.6 Å². The van der Waals surface area contributed by atoms with E-state index >= 15 is 0 Å². The summed E-state index contributed by atoms with van der Waals surface area (Å²) in [6.07, 6.45) is 2.90. The van der Waals surface area contributed by atoms with E-state index in [1.807, 2.05) is 6.07 Å². The molecule has 0 spiro atoms. The number of hydrogen-bond donors (Lipinski definition) is 1. The lowest BCUT2D eigenvalue weighted by Gasteiger charge is -2.09. The molecule has 0 saturated carbocycles. The average molecular weight is 307 g/mol. The molecule has 6 nitrogen and oxygen atoms in total. The number of nitrogens with one attached hydrogen (secondary N) is 1. The highest BCUT2D eigenvalue weighted by atomic mass is 19.1. The minimum atomic E-state index is -0.543. The Morgan fingerprint density at radius 3 is 2.83 bits per heavy atom. The standard InChI is InChI=1S/C16H10FN5O/c17-13-5-3-4-11(8-13)16(23)21-15-12(9-18)10-20-22(15)14-6-1-2-7-19-14/h1-8,10H,(H,21,23). The highest BCUT2D eigenvalue weighted by molar-refractivity contribution is 6.04. The van der Waals surface area contributed by atoms with E-state index in [2.05, 4.69) is 15.4 Å². The minimum Gasteiger partial charge on any atom is -0.305 e. The Kier molecular flexibility index (Phi) is 3.80. The van der Waals surface area contributed by atoms with Crippen LogP contribution in [-0.4, -0.2) is 20.7 Å². The zero-order valence-electron chi connectivity index (χ0n) is 11.8. The maximum absolute atomic E-state index is 13.2. The third-order valence-electron chi connectivity index (χ3n) is 3.07. The Balaban J connectivity index is 1.98. The predicted molar refractivity (Wildman–Crippen MR) is 80.4 cm³/mol. The highest BCUT2D eigenvalue weighted by Crippen LogP contribution is 2.19. The number of carbonyl (C=O) groups excluding carboxylic acids is 1. The van der Waals surface area contributed by atoms with Gasteiger partial charge in [-0.1, -0.05) is 12.1 Å². The summed E-state index contributed by atoms with van der Waals surface area (Å²) in [6.45, 7) is 0. The average Bonchev–Trinajstić information content (AvgIpc) is 2.98. The van der Waals surface area contributed by atoms with E-state index in [9.17, 15) is 14.4 Å². The van der Waals surface area contributed by atoms with Crippen LogP contribution in [0.2, 0.25) is 0 Å². The molecule has 0 fully saturated rings. The molecule has 0 aliphatic rings. The Morgan fingerprint density at radius 1 is 1.26 bits per heavy atom. The zero-order chi connectivity index (χ0) is 16.2. The first-order chi connectivity index (χ1) is 11.2. The Morgan fingerprint density at radius 2 is 2.13 bits per heavy atom. The number of nitriles is 1. The molecule has 2 heterocycles. The third-order valence-corrected chi connectivity index (χ3v) is 3.07. The number of nitrogens with zero attached hydrogens (tertiary/aromatic N) is 4. The van der Waals surface area contributed by atoms with Crippen LogP contribution in [0.1, 0.15) is 15.9 Å². The van der Waals surface area contributed by atoms with Crippen LogP contribution in [0.15, 0.2) is 54.9 Å². The minimum absolute atomic E-state index is 0.141. The van der Waals surface area contributed by atoms with Gasteiger partial charge in [-0.2, -0.15) is 15.0 Å². The van der Waals surface area contributed by atoms with Crippen molar-refractivity contribution in [1.82, 2.24) is 14.8 Å². The van der Waals surface area contributed by atoms with Crippen LogP contribution >= 0.6 is 0 Å². The number of carbonyl (C=O) groups is 1. The van der Waals surface area contributed by atoms with Gasteiger partial charge in [0.1, 0.15) is 17.4 Å². The quantitative estimate of drug-likeness (QED) is 0.806. The second-order valence-corrected chi connectivity index (χ2v) is 4.58. The molecular weight excluding hydrogens is 297 g/mol. The fraction of sp³-hybridized carbons (Fsp3) is 0. The van der Waals surface area contributed by atoms with Crippen molar-refractivity contribution in [2.75, 3.05) is 5.32 Å². The van der Waals surface area contributed by atoms with Crippen LogP contribution in [0.5, 0.6) is 0 Å². The molecule has 0 saturated heterocycles. The molecule has 2 aromatic heterocycles. The first kappa shape index (κ1) is 14.4. The first-order valence-electron chi connectivity index (χ1n) is 6.65. The van der Waals surface area contributed by atoms with Gasteiger partial charge in [-0.25, -0.2) is 9.37 Å². The number of aromatic nitrogens is 3. The predicted octanol–water partition coefficient (Wildman–Crippen LogP) is 2.53. The molecule has 0 atom stereocenters. The fourth-order valence-corrected chi connectivity index (χ4v) is 2.01. The molecule has 0 unspecified atom stereocenters. The summed E-state index contributed by atoms with van der Waals surface area (Å²) in [5, 5.41) is 15.8. The molecule has 7 heteroatoms. The van der Waals surface area contributed by atoms with Gasteiger partial charge in [-0.15, -0.1) is 0 Å². The maximum Gasteiger partial charge on any atom is 0.256 e. The van der Waals surface area contributed by atoms with E-state index in [1.54, 1.807) is 24.4 Å². The number of hydrogen-bond acceptors (Lipinski definition) is 4. The lowest BCUT2D eigenvalue weighted by Crippen LogP contribution is -2.16. The number of anilines is 1. The van der Waals surface area contributed by atoms with Crippen LogP contribution in [0.4, 0.5) is 10.2 Å². The van der Waals surface area contributed by atoms with Gasteiger partial charge < -0.3 is 5.32 Å². The van der Waals surface area contributed by atoms with Crippen LogP contribution in [0.25, 0.3) is 5.82 Å². The number of halogens is 1. The summed E-state index contributed by atoms with van der Waals surface area (Å²) >= 11 is 0. The van der Waals surface area contributed by atoms with Gasteiger partial charge in [0.05, 0.1) is 6.20 Å². The SMILES string of the molecule is N#Cc1cnn(-c2ccccn2)c1NC(=O)c1cccc(F)c1. The molecule has 1 aromatic carbocycles. The molecule has 0 aliphatic carbocycles. The Hall–Kier alpha value is -3.53. The highest BCUT2D eigenvalue weighted by Gasteiger charge is 2.16. The van der Waals surface area contributed by atoms with Crippen molar-refractivity contribution >= 4 is 11.7 Å². The molecule has 3 aromatic rings. The number of pyridine rings is 1. The van der Waals surface area contributed by atoms with Crippen LogP contribution in [0.3, 0.4) is 0 Å². The van der Waals surface area contributed by atoms with E-state index in [4.69, 9.17) is 0 Å². The molecular formula is C16H10FN5O. The zero-order valence-corrected chi connectivity index (χ0v) is 11.8. The van der Waals surface area contributed by atoms with Gasteiger partial charge in [0.2, 0.25) is 0 Å². The Labute approximate surface area is 130 Å². The molecule has 0 aliphatic heterocycles. The van der Waals surface area contributed by atoms with E-state index in [0.29, 0.717) is 5.82 Å².